The summed E-state index contributed by atoms with van der Waals surface area (Å²) in [6.45, 7) is 3.93. The summed E-state index contributed by atoms with van der Waals surface area (Å²) in [5.41, 5.74) is 3.11. The van der Waals surface area contributed by atoms with Crippen molar-refractivity contribution in [3.05, 3.63) is 59.9 Å². The highest BCUT2D eigenvalue weighted by Crippen LogP contribution is 2.28. The average molecular weight is 403 g/mol. The number of aryl methyl sites for hydroxylation is 1. The topological polar surface area (TPSA) is 91.4 Å². The molecule has 1 atom stereocenters. The lowest BCUT2D eigenvalue weighted by Crippen LogP contribution is -2.43. The van der Waals surface area contributed by atoms with E-state index in [1.807, 2.05) is 30.3 Å². The van der Waals surface area contributed by atoms with Crippen molar-refractivity contribution in [1.29, 1.82) is 0 Å². The van der Waals surface area contributed by atoms with Gasteiger partial charge in [-0.15, -0.1) is 0 Å². The van der Waals surface area contributed by atoms with Crippen molar-refractivity contribution in [2.24, 2.45) is 4.99 Å². The molecule has 0 fully saturated rings. The standard InChI is InChI=1S/C23H25N5O2/c1-4-15-5-7-16(8-6-15)26-22-27-19-10-9-17(13-20(19)28-22)30-18-11-12-25-23(2,14-18)21(29)24-3/h5-13H,4,14H2,1-3H3,(H,24,29)(H2,26,27,28). The molecule has 1 amide bonds. The predicted molar refractivity (Wildman–Crippen MR) is 119 cm³/mol. The number of hydrogen-bond donors (Lipinski definition) is 3. The van der Waals surface area contributed by atoms with Gasteiger partial charge < -0.3 is 20.4 Å². The van der Waals surface area contributed by atoms with Gasteiger partial charge in [-0.25, -0.2) is 4.98 Å². The normalized spacial score (nSPS) is 18.2. The highest BCUT2D eigenvalue weighted by Gasteiger charge is 2.34. The maximum atomic E-state index is 12.1. The highest BCUT2D eigenvalue weighted by molar-refractivity contribution is 5.90. The van der Waals surface area contributed by atoms with Crippen molar-refractivity contribution in [2.45, 2.75) is 32.2 Å². The van der Waals surface area contributed by atoms with Crippen LogP contribution in [0.1, 0.15) is 25.8 Å². The van der Waals surface area contributed by atoms with E-state index in [0.29, 0.717) is 23.9 Å². The highest BCUT2D eigenvalue weighted by atomic mass is 16.5. The van der Waals surface area contributed by atoms with Crippen LogP contribution in [0.25, 0.3) is 11.0 Å². The summed E-state index contributed by atoms with van der Waals surface area (Å²) in [6.07, 6.45) is 4.81. The van der Waals surface area contributed by atoms with Crippen molar-refractivity contribution in [1.82, 2.24) is 15.3 Å². The molecule has 7 nitrogen and oxygen atoms in total. The van der Waals surface area contributed by atoms with Crippen LogP contribution in [-0.2, 0) is 11.2 Å². The van der Waals surface area contributed by atoms with Gasteiger partial charge in [-0.2, -0.15) is 0 Å². The summed E-state index contributed by atoms with van der Waals surface area (Å²) >= 11 is 0. The number of benzene rings is 2. The van der Waals surface area contributed by atoms with Gasteiger partial charge in [0.25, 0.3) is 0 Å². The number of aliphatic imine (C=N–C) groups is 1. The molecule has 154 valence electrons. The summed E-state index contributed by atoms with van der Waals surface area (Å²) in [6, 6.07) is 14.0. The molecular formula is C23H25N5O2. The second-order valence-electron chi connectivity index (χ2n) is 7.48. The van der Waals surface area contributed by atoms with E-state index in [2.05, 4.69) is 44.7 Å². The number of dihydropyridines is 1. The van der Waals surface area contributed by atoms with Gasteiger partial charge in [-0.05, 0) is 49.2 Å². The zero-order valence-electron chi connectivity index (χ0n) is 17.3. The molecule has 0 radical (unpaired) electrons. The number of H-pyrrole nitrogens is 1. The minimum absolute atomic E-state index is 0.139. The number of fused-ring (bicyclic) bond motifs is 1. The molecule has 3 N–H and O–H groups in total. The van der Waals surface area contributed by atoms with Gasteiger partial charge in [0.1, 0.15) is 17.0 Å². The summed E-state index contributed by atoms with van der Waals surface area (Å²) in [5, 5.41) is 5.95. The number of amides is 1. The molecule has 1 unspecified atom stereocenters. The number of imidazole rings is 1. The van der Waals surface area contributed by atoms with Gasteiger partial charge in [0.05, 0.1) is 11.0 Å². The van der Waals surface area contributed by atoms with Crippen LogP contribution in [-0.4, -0.2) is 34.7 Å². The van der Waals surface area contributed by atoms with Crippen LogP contribution in [0.2, 0.25) is 0 Å². The van der Waals surface area contributed by atoms with Crippen LogP contribution >= 0.6 is 0 Å². The third kappa shape index (κ3) is 4.05. The maximum absolute atomic E-state index is 12.1. The third-order valence-corrected chi connectivity index (χ3v) is 5.18. The van der Waals surface area contributed by atoms with E-state index >= 15 is 0 Å². The smallest absolute Gasteiger partial charge is 0.247 e. The van der Waals surface area contributed by atoms with E-state index < -0.39 is 5.54 Å². The van der Waals surface area contributed by atoms with Crippen LogP contribution in [0.3, 0.4) is 0 Å². The number of ether oxygens (including phenoxy) is 1. The maximum Gasteiger partial charge on any atom is 0.247 e. The van der Waals surface area contributed by atoms with Crippen LogP contribution in [0.5, 0.6) is 5.75 Å². The molecule has 0 saturated carbocycles. The minimum atomic E-state index is -0.860. The fourth-order valence-electron chi connectivity index (χ4n) is 3.43. The van der Waals surface area contributed by atoms with Crippen LogP contribution in [0.4, 0.5) is 11.6 Å². The van der Waals surface area contributed by atoms with Gasteiger partial charge in [0.2, 0.25) is 11.9 Å². The number of rotatable bonds is 6. The monoisotopic (exact) mass is 403 g/mol. The van der Waals surface area contributed by atoms with Gasteiger partial charge in [-0.3, -0.25) is 9.79 Å². The van der Waals surface area contributed by atoms with E-state index in [1.165, 1.54) is 5.56 Å². The second kappa shape index (κ2) is 8.02. The zero-order valence-corrected chi connectivity index (χ0v) is 17.3. The molecule has 0 spiro atoms. The first-order valence-corrected chi connectivity index (χ1v) is 9.99. The van der Waals surface area contributed by atoms with Gasteiger partial charge >= 0.3 is 0 Å². The number of aromatic nitrogens is 2. The molecule has 2 heterocycles. The van der Waals surface area contributed by atoms with Crippen molar-refractivity contribution < 1.29 is 9.53 Å². The Morgan fingerprint density at radius 2 is 2.03 bits per heavy atom. The largest absolute Gasteiger partial charge is 0.461 e. The minimum Gasteiger partial charge on any atom is -0.461 e. The quantitative estimate of drug-likeness (QED) is 0.578. The number of allylic oxidation sites excluding steroid dienone is 1. The van der Waals surface area contributed by atoms with Crippen LogP contribution in [0.15, 0.2) is 59.3 Å². The van der Waals surface area contributed by atoms with E-state index in [0.717, 1.165) is 23.1 Å². The Labute approximate surface area is 175 Å². The summed E-state index contributed by atoms with van der Waals surface area (Å²) in [5.74, 6) is 1.89. The van der Waals surface area contributed by atoms with Gasteiger partial charge in [0, 0.05) is 31.4 Å². The van der Waals surface area contributed by atoms with Gasteiger partial charge in [-0.1, -0.05) is 19.1 Å². The van der Waals surface area contributed by atoms with E-state index in [4.69, 9.17) is 4.74 Å². The number of nitrogens with zero attached hydrogens (tertiary/aromatic N) is 2. The lowest BCUT2D eigenvalue weighted by molar-refractivity contribution is -0.125. The Morgan fingerprint density at radius 3 is 2.77 bits per heavy atom. The molecule has 1 aliphatic heterocycles. The molecule has 0 saturated heterocycles. The van der Waals surface area contributed by atoms with E-state index in [-0.39, 0.29) is 5.91 Å². The molecule has 7 heteroatoms. The first-order valence-electron chi connectivity index (χ1n) is 9.99. The zero-order chi connectivity index (χ0) is 21.1. The second-order valence-corrected chi connectivity index (χ2v) is 7.48. The average Bonchev–Trinajstić information content (AvgIpc) is 3.15. The van der Waals surface area contributed by atoms with Crippen molar-refractivity contribution in [2.75, 3.05) is 12.4 Å². The Kier molecular flexibility index (Phi) is 5.27. The number of hydrogen-bond acceptors (Lipinski definition) is 5. The number of anilines is 2. The van der Waals surface area contributed by atoms with Crippen molar-refractivity contribution in [3.63, 3.8) is 0 Å². The Bertz CT molecular complexity index is 1130. The Balaban J connectivity index is 1.49. The van der Waals surface area contributed by atoms with E-state index in [1.54, 1.807) is 26.3 Å². The number of aromatic amines is 1. The Morgan fingerprint density at radius 1 is 1.23 bits per heavy atom. The molecule has 30 heavy (non-hydrogen) atoms. The molecule has 2 aromatic carbocycles. The summed E-state index contributed by atoms with van der Waals surface area (Å²) in [4.78, 5) is 24.3. The molecule has 0 bridgehead atoms. The van der Waals surface area contributed by atoms with Crippen LogP contribution < -0.4 is 15.4 Å². The summed E-state index contributed by atoms with van der Waals surface area (Å²) in [7, 11) is 1.61. The third-order valence-electron chi connectivity index (χ3n) is 5.18. The van der Waals surface area contributed by atoms with Crippen LogP contribution in [0, 0.1) is 0 Å². The molecular weight excluding hydrogens is 378 g/mol. The van der Waals surface area contributed by atoms with Gasteiger partial charge in [0.15, 0.2) is 0 Å². The summed E-state index contributed by atoms with van der Waals surface area (Å²) < 4.78 is 6.03. The SMILES string of the molecule is CCc1ccc(Nc2nc3ccc(OC4=CC=NC(C)(C(=O)NC)C4)cc3[nH]2)cc1. The van der Waals surface area contributed by atoms with Crippen molar-refractivity contribution >= 4 is 34.8 Å². The molecule has 3 aromatic rings. The van der Waals surface area contributed by atoms with E-state index in [9.17, 15) is 4.79 Å². The number of carbonyl (C=O) groups is 1. The molecule has 1 aliphatic rings. The number of nitrogens with one attached hydrogen (secondary N) is 3. The lowest BCUT2D eigenvalue weighted by atomic mass is 9.94. The number of carbonyl (C=O) groups excluding carboxylic acids is 1. The molecule has 1 aromatic heterocycles. The fraction of sp³-hybridized carbons (Fsp3) is 0.261. The first kappa shape index (κ1) is 19.7. The molecule has 4 rings (SSSR count). The van der Waals surface area contributed by atoms with Crippen molar-refractivity contribution in [3.8, 4) is 5.75 Å². The molecule has 0 aliphatic carbocycles. The number of likely N-dealkylation sites (N-methyl/N-ethyl adjacent to an activating group) is 1. The lowest BCUT2D eigenvalue weighted by Gasteiger charge is -2.26. The first-order chi connectivity index (χ1) is 14.5. The predicted octanol–water partition coefficient (Wildman–Crippen LogP) is 4.11. The Hall–Kier alpha value is -3.61. The fourth-order valence-corrected chi connectivity index (χ4v) is 3.43.